The fraction of sp³-hybridized carbons (Fsp3) is 0.571. The predicted octanol–water partition coefficient (Wildman–Crippen LogP) is 2.04. The first-order chi connectivity index (χ1) is 7.99. The van der Waals surface area contributed by atoms with Crippen LogP contribution < -0.4 is 10.1 Å². The van der Waals surface area contributed by atoms with E-state index in [4.69, 9.17) is 4.74 Å². The summed E-state index contributed by atoms with van der Waals surface area (Å²) >= 11 is 0. The van der Waals surface area contributed by atoms with Gasteiger partial charge in [-0.2, -0.15) is 0 Å². The number of hydrogen-bond donors (Lipinski definition) is 2. The number of benzene rings is 1. The van der Waals surface area contributed by atoms with E-state index in [9.17, 15) is 5.11 Å². The van der Waals surface area contributed by atoms with Crippen molar-refractivity contribution in [3.63, 3.8) is 0 Å². The number of aliphatic hydroxyl groups is 1. The van der Waals surface area contributed by atoms with Crippen molar-refractivity contribution < 1.29 is 9.84 Å². The molecule has 0 saturated heterocycles. The molecule has 0 fully saturated rings. The number of rotatable bonds is 6. The minimum absolute atomic E-state index is 0.323. The third-order valence-electron chi connectivity index (χ3n) is 2.54. The molecular formula is C14H23NO2. The van der Waals surface area contributed by atoms with E-state index in [1.54, 1.807) is 0 Å². The highest BCUT2D eigenvalue weighted by atomic mass is 16.5. The molecule has 1 aromatic rings. The van der Waals surface area contributed by atoms with Gasteiger partial charge in [-0.1, -0.05) is 26.0 Å². The number of aryl methyl sites for hydroxylation is 2. The summed E-state index contributed by atoms with van der Waals surface area (Å²) in [5.41, 5.74) is 2.26. The summed E-state index contributed by atoms with van der Waals surface area (Å²) in [4.78, 5) is 0. The molecule has 0 bridgehead atoms. The van der Waals surface area contributed by atoms with Crippen molar-refractivity contribution in [3.8, 4) is 5.75 Å². The number of ether oxygens (including phenoxy) is 1. The maximum absolute atomic E-state index is 9.73. The summed E-state index contributed by atoms with van der Waals surface area (Å²) in [6, 6.07) is 6.46. The van der Waals surface area contributed by atoms with E-state index in [1.807, 2.05) is 26.0 Å². The molecule has 0 saturated carbocycles. The molecule has 2 N–H and O–H groups in total. The van der Waals surface area contributed by atoms with Crippen LogP contribution in [0.25, 0.3) is 0 Å². The molecule has 0 amide bonds. The molecule has 0 radical (unpaired) electrons. The van der Waals surface area contributed by atoms with Gasteiger partial charge in [-0.25, -0.2) is 0 Å². The van der Waals surface area contributed by atoms with Gasteiger partial charge in [0.2, 0.25) is 0 Å². The first kappa shape index (κ1) is 14.0. The number of hydrogen-bond acceptors (Lipinski definition) is 3. The lowest BCUT2D eigenvalue weighted by atomic mass is 10.1. The predicted molar refractivity (Wildman–Crippen MR) is 70.6 cm³/mol. The SMILES string of the molecule is Cc1ccc(C)c(OC[C@H](O)CNC(C)C)c1. The summed E-state index contributed by atoms with van der Waals surface area (Å²) in [7, 11) is 0. The molecule has 1 rings (SSSR count). The number of nitrogens with one attached hydrogen (secondary N) is 1. The highest BCUT2D eigenvalue weighted by Crippen LogP contribution is 2.19. The van der Waals surface area contributed by atoms with Gasteiger partial charge in [-0.05, 0) is 31.0 Å². The maximum atomic E-state index is 9.73. The van der Waals surface area contributed by atoms with E-state index in [-0.39, 0.29) is 0 Å². The Morgan fingerprint density at radius 3 is 2.65 bits per heavy atom. The van der Waals surface area contributed by atoms with Gasteiger partial charge in [0.15, 0.2) is 0 Å². The molecule has 0 aromatic heterocycles. The lowest BCUT2D eigenvalue weighted by Gasteiger charge is -2.16. The van der Waals surface area contributed by atoms with Crippen LogP contribution in [0, 0.1) is 13.8 Å². The van der Waals surface area contributed by atoms with Gasteiger partial charge >= 0.3 is 0 Å². The van der Waals surface area contributed by atoms with Crippen molar-refractivity contribution in [1.29, 1.82) is 0 Å². The quantitative estimate of drug-likeness (QED) is 0.795. The lowest BCUT2D eigenvalue weighted by Crippen LogP contribution is -2.35. The number of aliphatic hydroxyl groups excluding tert-OH is 1. The molecular weight excluding hydrogens is 214 g/mol. The third-order valence-corrected chi connectivity index (χ3v) is 2.54. The van der Waals surface area contributed by atoms with Crippen LogP contribution in [0.3, 0.4) is 0 Å². The Morgan fingerprint density at radius 1 is 1.29 bits per heavy atom. The van der Waals surface area contributed by atoms with Gasteiger partial charge in [-0.3, -0.25) is 0 Å². The second kappa shape index (κ2) is 6.62. The highest BCUT2D eigenvalue weighted by Gasteiger charge is 2.07. The van der Waals surface area contributed by atoms with Gasteiger partial charge in [0.05, 0.1) is 0 Å². The van der Waals surface area contributed by atoms with Gasteiger partial charge in [0.25, 0.3) is 0 Å². The van der Waals surface area contributed by atoms with Crippen molar-refractivity contribution in [2.75, 3.05) is 13.2 Å². The maximum Gasteiger partial charge on any atom is 0.122 e. The minimum Gasteiger partial charge on any atom is -0.491 e. The Bertz CT molecular complexity index is 350. The zero-order valence-electron chi connectivity index (χ0n) is 11.2. The molecule has 0 aliphatic heterocycles. The van der Waals surface area contributed by atoms with E-state index in [0.29, 0.717) is 19.2 Å². The lowest BCUT2D eigenvalue weighted by molar-refractivity contribution is 0.104. The average Bonchev–Trinajstić information content (AvgIpc) is 2.27. The molecule has 1 aromatic carbocycles. The molecule has 3 heteroatoms. The van der Waals surface area contributed by atoms with Crippen molar-refractivity contribution in [2.24, 2.45) is 0 Å². The smallest absolute Gasteiger partial charge is 0.122 e. The molecule has 0 spiro atoms. The second-order valence-corrected chi connectivity index (χ2v) is 4.80. The second-order valence-electron chi connectivity index (χ2n) is 4.80. The van der Waals surface area contributed by atoms with E-state index >= 15 is 0 Å². The average molecular weight is 237 g/mol. The van der Waals surface area contributed by atoms with Gasteiger partial charge in [0.1, 0.15) is 18.5 Å². The van der Waals surface area contributed by atoms with Gasteiger partial charge < -0.3 is 15.2 Å². The molecule has 96 valence electrons. The van der Waals surface area contributed by atoms with E-state index in [1.165, 1.54) is 5.56 Å². The third kappa shape index (κ3) is 5.20. The summed E-state index contributed by atoms with van der Waals surface area (Å²) in [5, 5.41) is 12.9. The largest absolute Gasteiger partial charge is 0.491 e. The topological polar surface area (TPSA) is 41.5 Å². The minimum atomic E-state index is -0.475. The summed E-state index contributed by atoms with van der Waals surface area (Å²) < 4.78 is 5.62. The normalized spacial score (nSPS) is 12.8. The van der Waals surface area contributed by atoms with Crippen LogP contribution in [0.1, 0.15) is 25.0 Å². The monoisotopic (exact) mass is 237 g/mol. The van der Waals surface area contributed by atoms with Crippen molar-refractivity contribution in [1.82, 2.24) is 5.32 Å². The molecule has 3 nitrogen and oxygen atoms in total. The molecule has 1 atom stereocenters. The summed E-state index contributed by atoms with van der Waals surface area (Å²) in [5.74, 6) is 0.855. The Kier molecular flexibility index (Phi) is 5.45. The first-order valence-electron chi connectivity index (χ1n) is 6.10. The van der Waals surface area contributed by atoms with Crippen LogP contribution in [0.15, 0.2) is 18.2 Å². The zero-order chi connectivity index (χ0) is 12.8. The van der Waals surface area contributed by atoms with Gasteiger partial charge in [0, 0.05) is 12.6 Å². The molecule has 0 aliphatic rings. The Morgan fingerprint density at radius 2 is 2.00 bits per heavy atom. The Labute approximate surface area is 104 Å². The Hall–Kier alpha value is -1.06. The summed E-state index contributed by atoms with van der Waals surface area (Å²) in [6.07, 6.45) is -0.475. The van der Waals surface area contributed by atoms with E-state index in [2.05, 4.69) is 25.2 Å². The van der Waals surface area contributed by atoms with Crippen LogP contribution in [-0.2, 0) is 0 Å². The standard InChI is InChI=1S/C14H23NO2/c1-10(2)15-8-13(16)9-17-14-7-11(3)5-6-12(14)4/h5-7,10,13,15-16H,8-9H2,1-4H3/t13-/m1/s1. The fourth-order valence-corrected chi connectivity index (χ4v) is 1.48. The van der Waals surface area contributed by atoms with Crippen LogP contribution in [-0.4, -0.2) is 30.4 Å². The first-order valence-corrected chi connectivity index (χ1v) is 6.10. The van der Waals surface area contributed by atoms with Crippen LogP contribution in [0.5, 0.6) is 5.75 Å². The van der Waals surface area contributed by atoms with Gasteiger partial charge in [-0.15, -0.1) is 0 Å². The fourth-order valence-electron chi connectivity index (χ4n) is 1.48. The van der Waals surface area contributed by atoms with Crippen LogP contribution >= 0.6 is 0 Å². The van der Waals surface area contributed by atoms with Crippen molar-refractivity contribution in [3.05, 3.63) is 29.3 Å². The van der Waals surface area contributed by atoms with Crippen LogP contribution in [0.2, 0.25) is 0 Å². The zero-order valence-corrected chi connectivity index (χ0v) is 11.2. The summed E-state index contributed by atoms with van der Waals surface area (Å²) in [6.45, 7) is 9.03. The molecule has 17 heavy (non-hydrogen) atoms. The molecule has 0 aliphatic carbocycles. The highest BCUT2D eigenvalue weighted by molar-refractivity contribution is 5.35. The van der Waals surface area contributed by atoms with Crippen LogP contribution in [0.4, 0.5) is 0 Å². The van der Waals surface area contributed by atoms with Crippen molar-refractivity contribution >= 4 is 0 Å². The molecule has 0 unspecified atom stereocenters. The Balaban J connectivity index is 2.41. The van der Waals surface area contributed by atoms with Crippen molar-refractivity contribution in [2.45, 2.75) is 39.8 Å². The van der Waals surface area contributed by atoms with E-state index < -0.39 is 6.10 Å². The molecule has 0 heterocycles. The van der Waals surface area contributed by atoms with E-state index in [0.717, 1.165) is 11.3 Å².